The van der Waals surface area contributed by atoms with Gasteiger partial charge in [-0.25, -0.2) is 8.42 Å². The molecule has 0 bridgehead atoms. The molecule has 0 radical (unpaired) electrons. The van der Waals surface area contributed by atoms with E-state index in [1.54, 1.807) is 0 Å². The maximum Gasteiger partial charge on any atom is 0.573 e. The van der Waals surface area contributed by atoms with E-state index < -0.39 is 43.0 Å². The van der Waals surface area contributed by atoms with Crippen LogP contribution in [0.1, 0.15) is 131 Å². The van der Waals surface area contributed by atoms with E-state index in [1.165, 1.54) is 6.42 Å². The van der Waals surface area contributed by atoms with Gasteiger partial charge in [0.2, 0.25) is 0 Å². The first-order valence-electron chi connectivity index (χ1n) is 15.3. The maximum absolute atomic E-state index is 14.3. The van der Waals surface area contributed by atoms with Crippen molar-refractivity contribution in [1.82, 2.24) is 0 Å². The molecule has 0 aromatic heterocycles. The van der Waals surface area contributed by atoms with Crippen LogP contribution in [-0.2, 0) is 20.2 Å². The smallest absolute Gasteiger partial charge is 0.573 e. The molecule has 0 spiro atoms. The number of hydrogen-bond acceptors (Lipinski definition) is 7. The molecule has 0 N–H and O–H groups in total. The zero-order valence-electron chi connectivity index (χ0n) is 24.0. The van der Waals surface area contributed by atoms with Crippen molar-refractivity contribution < 1.29 is 43.5 Å². The van der Waals surface area contributed by atoms with E-state index in [9.17, 15) is 34.6 Å². The van der Waals surface area contributed by atoms with E-state index in [-0.39, 0.29) is 16.7 Å². The first-order valence-corrected chi connectivity index (χ1v) is 18.1. The Bertz CT molecular complexity index is 1460. The summed E-state index contributed by atoms with van der Waals surface area (Å²) < 4.78 is 112. The van der Waals surface area contributed by atoms with Gasteiger partial charge in [0, 0.05) is 6.07 Å². The number of hydrogen-bond donors (Lipinski definition) is 0. The van der Waals surface area contributed by atoms with Crippen LogP contribution in [0, 0.1) is 0 Å². The predicted molar refractivity (Wildman–Crippen MR) is 153 cm³/mol. The summed E-state index contributed by atoms with van der Waals surface area (Å²) in [6.45, 7) is 0. The molecular formula is C31H38F3O7S2-. The summed E-state index contributed by atoms with van der Waals surface area (Å²) in [6.07, 6.45) is 9.30. The molecule has 238 valence electrons. The summed E-state index contributed by atoms with van der Waals surface area (Å²) in [7, 11) is -9.88. The lowest BCUT2D eigenvalue weighted by Gasteiger charge is -2.32. The number of rotatable bonds is 8. The van der Waals surface area contributed by atoms with Crippen LogP contribution in [-0.4, -0.2) is 27.8 Å². The second kappa shape index (κ2) is 13.0. The molecule has 3 aliphatic rings. The van der Waals surface area contributed by atoms with Crippen molar-refractivity contribution in [3.05, 3.63) is 47.0 Å². The topological polar surface area (TPSA) is 110 Å². The summed E-state index contributed by atoms with van der Waals surface area (Å²) in [5.74, 6) is -1.81. The van der Waals surface area contributed by atoms with Crippen molar-refractivity contribution in [3.63, 3.8) is 0 Å². The van der Waals surface area contributed by atoms with Gasteiger partial charge in [-0.1, -0.05) is 69.9 Å². The third-order valence-corrected chi connectivity index (χ3v) is 11.4. The summed E-state index contributed by atoms with van der Waals surface area (Å²) in [4.78, 5) is -0.983. The Morgan fingerprint density at radius 2 is 1.12 bits per heavy atom. The minimum atomic E-state index is -5.30. The molecule has 3 aliphatic carbocycles. The third kappa shape index (κ3) is 7.86. The molecule has 7 nitrogen and oxygen atoms in total. The van der Waals surface area contributed by atoms with Crippen molar-refractivity contribution in [2.45, 2.75) is 130 Å². The molecule has 2 aromatic carbocycles. The lowest BCUT2D eigenvalue weighted by atomic mass is 9.76. The Labute approximate surface area is 252 Å². The van der Waals surface area contributed by atoms with Gasteiger partial charge < -0.3 is 13.5 Å². The first kappa shape index (κ1) is 32.1. The highest BCUT2D eigenvalue weighted by molar-refractivity contribution is 7.87. The fraction of sp³-hybridized carbons (Fsp3) is 0.613. The molecule has 0 amide bonds. The molecule has 0 saturated heterocycles. The minimum Gasteiger partial charge on any atom is -0.744 e. The van der Waals surface area contributed by atoms with Crippen LogP contribution in [0.25, 0.3) is 0 Å². The van der Waals surface area contributed by atoms with Gasteiger partial charge in [0.15, 0.2) is 11.5 Å². The van der Waals surface area contributed by atoms with Gasteiger partial charge in [-0.15, -0.1) is 13.2 Å². The Kier molecular flexibility index (Phi) is 9.68. The van der Waals surface area contributed by atoms with E-state index in [2.05, 4.69) is 4.74 Å². The molecule has 43 heavy (non-hydrogen) atoms. The van der Waals surface area contributed by atoms with E-state index in [1.807, 2.05) is 12.1 Å². The van der Waals surface area contributed by atoms with Crippen LogP contribution in [0.2, 0.25) is 0 Å². The standard InChI is InChI=1S/C31H39F3O7S2/c32-31(33,34)40-29-20-25(42(35,36)37)16-17-28(29)41-43(38,39)30-26(22-12-6-2-7-13-22)18-24(21-10-4-1-5-11-21)19-27(30)23-14-8-3-9-15-23/h16-23H,1-15H2,(H,35,36,37)/p-1. The molecule has 0 unspecified atom stereocenters. The van der Waals surface area contributed by atoms with Crippen LogP contribution in [0.15, 0.2) is 40.1 Å². The van der Waals surface area contributed by atoms with Crippen molar-refractivity contribution in [2.75, 3.05) is 0 Å². The number of ether oxygens (including phenoxy) is 1. The minimum absolute atomic E-state index is 0.0179. The van der Waals surface area contributed by atoms with E-state index in [0.717, 1.165) is 102 Å². The van der Waals surface area contributed by atoms with Crippen molar-refractivity contribution in [3.8, 4) is 11.5 Å². The molecule has 2 aromatic rings. The molecule has 0 aliphatic heterocycles. The fourth-order valence-corrected chi connectivity index (χ4v) is 9.14. The summed E-state index contributed by atoms with van der Waals surface area (Å²) in [5.41, 5.74) is 2.46. The Hall–Kier alpha value is -2.31. The predicted octanol–water partition coefficient (Wildman–Crippen LogP) is 8.40. The summed E-state index contributed by atoms with van der Waals surface area (Å²) >= 11 is 0. The Balaban J connectivity index is 1.66. The quantitative estimate of drug-likeness (QED) is 0.210. The second-order valence-electron chi connectivity index (χ2n) is 12.2. The average molecular weight is 644 g/mol. The summed E-state index contributed by atoms with van der Waals surface area (Å²) in [6, 6.07) is 5.80. The SMILES string of the molecule is O=S(=O)([O-])c1ccc(OS(=O)(=O)c2c(C3CCCCC3)cc(C3CCCCC3)cc2C2CCCCC2)c(OC(F)(F)F)c1. The van der Waals surface area contributed by atoms with Crippen LogP contribution in [0.3, 0.4) is 0 Å². The van der Waals surface area contributed by atoms with E-state index in [4.69, 9.17) is 4.18 Å². The lowest BCUT2D eigenvalue weighted by Crippen LogP contribution is -2.22. The molecule has 5 rings (SSSR count). The summed E-state index contributed by atoms with van der Waals surface area (Å²) in [5, 5.41) is 0. The third-order valence-electron chi connectivity index (χ3n) is 9.21. The van der Waals surface area contributed by atoms with Crippen LogP contribution in [0.4, 0.5) is 13.2 Å². The van der Waals surface area contributed by atoms with Gasteiger partial charge in [-0.3, -0.25) is 0 Å². The van der Waals surface area contributed by atoms with Crippen LogP contribution < -0.4 is 8.92 Å². The monoisotopic (exact) mass is 643 g/mol. The van der Waals surface area contributed by atoms with Crippen LogP contribution in [0.5, 0.6) is 11.5 Å². The molecule has 3 fully saturated rings. The highest BCUT2D eigenvalue weighted by atomic mass is 32.2. The van der Waals surface area contributed by atoms with Gasteiger partial charge >= 0.3 is 16.5 Å². The molecule has 0 heterocycles. The van der Waals surface area contributed by atoms with E-state index >= 15 is 0 Å². The Morgan fingerprint density at radius 1 is 0.651 bits per heavy atom. The van der Waals surface area contributed by atoms with Crippen molar-refractivity contribution in [2.24, 2.45) is 0 Å². The number of alkyl halides is 3. The van der Waals surface area contributed by atoms with Crippen LogP contribution >= 0.6 is 0 Å². The maximum atomic E-state index is 14.3. The zero-order valence-corrected chi connectivity index (χ0v) is 25.7. The van der Waals surface area contributed by atoms with Gasteiger partial charge in [-0.2, -0.15) is 8.42 Å². The molecule has 0 atom stereocenters. The Morgan fingerprint density at radius 3 is 1.56 bits per heavy atom. The van der Waals surface area contributed by atoms with Gasteiger partial charge in [0.25, 0.3) is 0 Å². The number of benzene rings is 2. The molecule has 12 heteroatoms. The molecular weight excluding hydrogens is 605 g/mol. The van der Waals surface area contributed by atoms with Gasteiger partial charge in [0.05, 0.1) is 4.90 Å². The van der Waals surface area contributed by atoms with Gasteiger partial charge in [-0.05, 0) is 85.1 Å². The zero-order chi connectivity index (χ0) is 30.8. The average Bonchev–Trinajstić information content (AvgIpc) is 2.97. The fourth-order valence-electron chi connectivity index (χ4n) is 7.17. The van der Waals surface area contributed by atoms with E-state index in [0.29, 0.717) is 29.2 Å². The normalized spacial score (nSPS) is 20.2. The molecule has 3 saturated carbocycles. The number of halogens is 3. The lowest BCUT2D eigenvalue weighted by molar-refractivity contribution is -0.275. The first-order chi connectivity index (χ1) is 20.3. The highest BCUT2D eigenvalue weighted by Gasteiger charge is 2.37. The highest BCUT2D eigenvalue weighted by Crippen LogP contribution is 2.47. The largest absolute Gasteiger partial charge is 0.744 e. The van der Waals surface area contributed by atoms with Gasteiger partial charge in [0.1, 0.15) is 15.0 Å². The second-order valence-corrected chi connectivity index (χ2v) is 15.0. The van der Waals surface area contributed by atoms with Crippen molar-refractivity contribution >= 4 is 20.2 Å². The van der Waals surface area contributed by atoms with Crippen molar-refractivity contribution in [1.29, 1.82) is 0 Å².